The molecule has 2 aromatic rings. The number of hydrogen-bond acceptors (Lipinski definition) is 3. The molecule has 5 heteroatoms. The summed E-state index contributed by atoms with van der Waals surface area (Å²) in [7, 11) is 0. The summed E-state index contributed by atoms with van der Waals surface area (Å²) in [5, 5.41) is 0. The molecule has 0 aliphatic heterocycles. The molecule has 0 unspecified atom stereocenters. The minimum Gasteiger partial charge on any atom is -0.298 e. The highest BCUT2D eigenvalue weighted by Crippen LogP contribution is 2.01. The van der Waals surface area contributed by atoms with Crippen molar-refractivity contribution in [1.29, 1.82) is 0 Å². The second-order valence-electron chi connectivity index (χ2n) is 3.35. The van der Waals surface area contributed by atoms with Crippen LogP contribution in [-0.4, -0.2) is 14.5 Å². The summed E-state index contributed by atoms with van der Waals surface area (Å²) in [5.41, 5.74) is 1.05. The van der Waals surface area contributed by atoms with Crippen LogP contribution in [0.5, 0.6) is 0 Å². The van der Waals surface area contributed by atoms with E-state index in [0.717, 1.165) is 12.0 Å². The van der Waals surface area contributed by atoms with Crippen LogP contribution in [0.25, 0.3) is 0 Å². The SMILES string of the molecule is O=c1c(Br)cncn1CCc1cccnc1. The van der Waals surface area contributed by atoms with Crippen LogP contribution in [-0.2, 0) is 13.0 Å². The molecule has 0 aliphatic rings. The maximum absolute atomic E-state index is 11.7. The summed E-state index contributed by atoms with van der Waals surface area (Å²) in [6, 6.07) is 3.88. The highest BCUT2D eigenvalue weighted by molar-refractivity contribution is 9.10. The maximum Gasteiger partial charge on any atom is 0.267 e. The molecule has 0 saturated carbocycles. The van der Waals surface area contributed by atoms with Crippen LogP contribution in [0.4, 0.5) is 0 Å². The van der Waals surface area contributed by atoms with Crippen LogP contribution < -0.4 is 5.56 Å². The predicted molar refractivity (Wildman–Crippen MR) is 64.1 cm³/mol. The number of halogens is 1. The average Bonchev–Trinajstić information content (AvgIpc) is 2.32. The Labute approximate surface area is 101 Å². The molecule has 0 amide bonds. The van der Waals surface area contributed by atoms with E-state index < -0.39 is 0 Å². The topological polar surface area (TPSA) is 47.8 Å². The lowest BCUT2D eigenvalue weighted by Gasteiger charge is -2.04. The normalized spacial score (nSPS) is 10.3. The standard InChI is InChI=1S/C11H10BrN3O/c12-10-7-14-8-15(11(10)16)5-3-9-2-1-4-13-6-9/h1-2,4,6-8H,3,5H2. The molecule has 16 heavy (non-hydrogen) atoms. The summed E-state index contributed by atoms with van der Waals surface area (Å²) in [6.45, 7) is 0.608. The largest absolute Gasteiger partial charge is 0.298 e. The number of aromatic nitrogens is 3. The molecule has 0 fully saturated rings. The fraction of sp³-hybridized carbons (Fsp3) is 0.182. The molecule has 0 radical (unpaired) electrons. The summed E-state index contributed by atoms with van der Waals surface area (Å²) in [6.07, 6.45) is 7.35. The molecule has 82 valence electrons. The molecule has 0 spiro atoms. The van der Waals surface area contributed by atoms with E-state index in [1.165, 1.54) is 6.20 Å². The van der Waals surface area contributed by atoms with Gasteiger partial charge in [-0.3, -0.25) is 14.3 Å². The van der Waals surface area contributed by atoms with Gasteiger partial charge in [0.1, 0.15) is 4.47 Å². The van der Waals surface area contributed by atoms with Crippen LogP contribution in [0.15, 0.2) is 46.3 Å². The van der Waals surface area contributed by atoms with Crippen molar-refractivity contribution in [2.75, 3.05) is 0 Å². The third-order valence-electron chi connectivity index (χ3n) is 2.22. The first-order valence-corrected chi connectivity index (χ1v) is 5.65. The number of rotatable bonds is 3. The van der Waals surface area contributed by atoms with Gasteiger partial charge in [-0.05, 0) is 34.0 Å². The van der Waals surface area contributed by atoms with Gasteiger partial charge in [-0.2, -0.15) is 0 Å². The Morgan fingerprint density at radius 1 is 1.31 bits per heavy atom. The van der Waals surface area contributed by atoms with Crippen molar-refractivity contribution in [3.8, 4) is 0 Å². The third-order valence-corrected chi connectivity index (χ3v) is 2.77. The zero-order chi connectivity index (χ0) is 11.4. The summed E-state index contributed by atoms with van der Waals surface area (Å²) < 4.78 is 2.07. The Hall–Kier alpha value is -1.49. The molecule has 0 aliphatic carbocycles. The minimum absolute atomic E-state index is 0.0566. The monoisotopic (exact) mass is 279 g/mol. The summed E-state index contributed by atoms with van der Waals surface area (Å²) >= 11 is 3.16. The summed E-state index contributed by atoms with van der Waals surface area (Å²) in [4.78, 5) is 19.6. The number of hydrogen-bond donors (Lipinski definition) is 0. The van der Waals surface area contributed by atoms with Gasteiger partial charge in [-0.1, -0.05) is 6.07 Å². The minimum atomic E-state index is -0.0566. The number of pyridine rings is 1. The van der Waals surface area contributed by atoms with Gasteiger partial charge in [-0.15, -0.1) is 0 Å². The lowest BCUT2D eigenvalue weighted by atomic mass is 10.2. The van der Waals surface area contributed by atoms with Crippen LogP contribution >= 0.6 is 15.9 Å². The van der Waals surface area contributed by atoms with Crippen LogP contribution in [0.3, 0.4) is 0 Å². The van der Waals surface area contributed by atoms with Gasteiger partial charge in [0, 0.05) is 25.1 Å². The van der Waals surface area contributed by atoms with E-state index in [1.54, 1.807) is 23.3 Å². The van der Waals surface area contributed by atoms with Crippen LogP contribution in [0.2, 0.25) is 0 Å². The Morgan fingerprint density at radius 3 is 2.94 bits per heavy atom. The third kappa shape index (κ3) is 2.55. The molecule has 2 aromatic heterocycles. The van der Waals surface area contributed by atoms with E-state index in [4.69, 9.17) is 0 Å². The average molecular weight is 280 g/mol. The molecule has 2 heterocycles. The van der Waals surface area contributed by atoms with Gasteiger partial charge in [0.25, 0.3) is 5.56 Å². The van der Waals surface area contributed by atoms with Crippen LogP contribution in [0.1, 0.15) is 5.56 Å². The van der Waals surface area contributed by atoms with Gasteiger partial charge in [-0.25, -0.2) is 4.98 Å². The first kappa shape index (κ1) is 11.0. The highest BCUT2D eigenvalue weighted by atomic mass is 79.9. The zero-order valence-electron chi connectivity index (χ0n) is 8.51. The van der Waals surface area contributed by atoms with Gasteiger partial charge < -0.3 is 0 Å². The van der Waals surface area contributed by atoms with Crippen molar-refractivity contribution in [3.63, 3.8) is 0 Å². The smallest absolute Gasteiger partial charge is 0.267 e. The summed E-state index contributed by atoms with van der Waals surface area (Å²) in [5.74, 6) is 0. The molecular formula is C11H10BrN3O. The van der Waals surface area contributed by atoms with Crippen molar-refractivity contribution < 1.29 is 0 Å². The van der Waals surface area contributed by atoms with Crippen molar-refractivity contribution in [3.05, 3.63) is 57.4 Å². The van der Waals surface area contributed by atoms with Crippen molar-refractivity contribution >= 4 is 15.9 Å². The Balaban J connectivity index is 2.11. The van der Waals surface area contributed by atoms with E-state index in [1.807, 2.05) is 12.1 Å². The molecule has 2 rings (SSSR count). The van der Waals surface area contributed by atoms with E-state index in [2.05, 4.69) is 25.9 Å². The fourth-order valence-electron chi connectivity index (χ4n) is 1.38. The van der Waals surface area contributed by atoms with E-state index >= 15 is 0 Å². The second kappa shape index (κ2) is 5.03. The predicted octanol–water partition coefficient (Wildman–Crippen LogP) is 1.64. The van der Waals surface area contributed by atoms with Gasteiger partial charge in [0.05, 0.1) is 6.33 Å². The van der Waals surface area contributed by atoms with Crippen molar-refractivity contribution in [2.24, 2.45) is 0 Å². The molecule has 0 N–H and O–H groups in total. The fourth-order valence-corrected chi connectivity index (χ4v) is 1.72. The maximum atomic E-state index is 11.7. The Kier molecular flexibility index (Phi) is 3.46. The van der Waals surface area contributed by atoms with Crippen LogP contribution in [0, 0.1) is 0 Å². The van der Waals surface area contributed by atoms with Gasteiger partial charge in [0.2, 0.25) is 0 Å². The van der Waals surface area contributed by atoms with E-state index in [-0.39, 0.29) is 5.56 Å². The van der Waals surface area contributed by atoms with E-state index in [0.29, 0.717) is 11.0 Å². The van der Waals surface area contributed by atoms with Crippen molar-refractivity contribution in [1.82, 2.24) is 14.5 Å². The highest BCUT2D eigenvalue weighted by Gasteiger charge is 2.00. The first-order chi connectivity index (χ1) is 7.77. The van der Waals surface area contributed by atoms with Gasteiger partial charge in [0.15, 0.2) is 0 Å². The molecule has 0 aromatic carbocycles. The molecule has 0 saturated heterocycles. The lowest BCUT2D eigenvalue weighted by Crippen LogP contribution is -2.21. The quantitative estimate of drug-likeness (QED) is 0.858. The Bertz CT molecular complexity index is 524. The number of aryl methyl sites for hydroxylation is 2. The molecule has 0 atom stereocenters. The molecule has 0 bridgehead atoms. The van der Waals surface area contributed by atoms with E-state index in [9.17, 15) is 4.79 Å². The van der Waals surface area contributed by atoms with Crippen molar-refractivity contribution in [2.45, 2.75) is 13.0 Å². The number of nitrogens with zero attached hydrogens (tertiary/aromatic N) is 3. The van der Waals surface area contributed by atoms with Gasteiger partial charge >= 0.3 is 0 Å². The molecular weight excluding hydrogens is 270 g/mol. The molecule has 4 nitrogen and oxygen atoms in total. The second-order valence-corrected chi connectivity index (χ2v) is 4.21. The zero-order valence-corrected chi connectivity index (χ0v) is 10.1. The lowest BCUT2D eigenvalue weighted by molar-refractivity contribution is 0.650. The first-order valence-electron chi connectivity index (χ1n) is 4.86. The Morgan fingerprint density at radius 2 is 2.19 bits per heavy atom.